The summed E-state index contributed by atoms with van der Waals surface area (Å²) < 4.78 is 0. The van der Waals surface area contributed by atoms with Crippen molar-refractivity contribution in [2.75, 3.05) is 0 Å². The molecule has 0 rings (SSSR count). The third-order valence-corrected chi connectivity index (χ3v) is 0.828. The lowest BCUT2D eigenvalue weighted by molar-refractivity contribution is -0.119. The quantitative estimate of drug-likeness (QED) is 0.558. The summed E-state index contributed by atoms with van der Waals surface area (Å²) in [5.74, 6) is -0.0700. The lowest BCUT2D eigenvalue weighted by Crippen LogP contribution is -2.29. The van der Waals surface area contributed by atoms with Crippen LogP contribution in [-0.4, -0.2) is 11.9 Å². The van der Waals surface area contributed by atoms with Gasteiger partial charge < -0.3 is 5.32 Å². The summed E-state index contributed by atoms with van der Waals surface area (Å²) >= 11 is 0. The van der Waals surface area contributed by atoms with Crippen molar-refractivity contribution >= 4 is 5.91 Å². The van der Waals surface area contributed by atoms with Crippen molar-refractivity contribution in [1.29, 1.82) is 0 Å². The average Bonchev–Trinajstić information content (AvgIpc) is 1.65. The lowest BCUT2D eigenvalue weighted by atomic mass is 10.3. The van der Waals surface area contributed by atoms with Crippen LogP contribution in [0.15, 0.2) is 0 Å². The second-order valence-corrected chi connectivity index (χ2v) is 1.72. The molecule has 0 bridgehead atoms. The van der Waals surface area contributed by atoms with Gasteiger partial charge in [-0.2, -0.15) is 0 Å². The van der Waals surface area contributed by atoms with Gasteiger partial charge in [0.25, 0.3) is 0 Å². The summed E-state index contributed by atoms with van der Waals surface area (Å²) in [6.07, 6.45) is 0.777. The van der Waals surface area contributed by atoms with Gasteiger partial charge in [-0.05, 0) is 13.3 Å². The molecule has 1 unspecified atom stereocenters. The van der Waals surface area contributed by atoms with E-state index in [0.717, 1.165) is 6.42 Å². The molecule has 0 saturated heterocycles. The molecule has 0 heterocycles. The van der Waals surface area contributed by atoms with E-state index in [4.69, 9.17) is 6.92 Å². The van der Waals surface area contributed by atoms with E-state index in [9.17, 15) is 4.79 Å². The first kappa shape index (κ1) is 7.47. The molecule has 1 N–H and O–H groups in total. The largest absolute Gasteiger partial charge is 0.353 e. The van der Waals surface area contributed by atoms with Gasteiger partial charge in [0.1, 0.15) is 0 Å². The van der Waals surface area contributed by atoms with E-state index in [1.807, 2.05) is 6.92 Å². The summed E-state index contributed by atoms with van der Waals surface area (Å²) in [6.45, 7) is 8.71. The SMILES string of the molecule is [CH]C(CC)NC(C)=O. The number of carbonyl (C=O) groups excluding carboxylic acids is 1. The standard InChI is InChI=1S/C6H11NO/c1-4-5(2)7-6(3)8/h2,5H,4H2,1,3H3,(H,7,8). The molecule has 2 nitrogen and oxygen atoms in total. The smallest absolute Gasteiger partial charge is 0.217 e. The molecule has 46 valence electrons. The van der Waals surface area contributed by atoms with Crippen LogP contribution in [0.3, 0.4) is 0 Å². The third kappa shape index (κ3) is 3.65. The van der Waals surface area contributed by atoms with E-state index in [2.05, 4.69) is 5.32 Å². The zero-order chi connectivity index (χ0) is 6.57. The minimum absolute atomic E-state index is 0.0700. The van der Waals surface area contributed by atoms with Gasteiger partial charge in [0, 0.05) is 13.0 Å². The van der Waals surface area contributed by atoms with Crippen LogP contribution in [0.4, 0.5) is 0 Å². The van der Waals surface area contributed by atoms with Crippen molar-refractivity contribution in [3.05, 3.63) is 6.92 Å². The first-order chi connectivity index (χ1) is 3.66. The second-order valence-electron chi connectivity index (χ2n) is 1.72. The van der Waals surface area contributed by atoms with Crippen molar-refractivity contribution in [3.8, 4) is 0 Å². The van der Waals surface area contributed by atoms with Crippen molar-refractivity contribution in [2.45, 2.75) is 26.3 Å². The highest BCUT2D eigenvalue weighted by Crippen LogP contribution is 1.84. The fourth-order valence-electron chi connectivity index (χ4n) is 0.363. The van der Waals surface area contributed by atoms with Crippen LogP contribution >= 0.6 is 0 Å². The van der Waals surface area contributed by atoms with Crippen LogP contribution < -0.4 is 5.32 Å². The molecule has 0 aliphatic rings. The van der Waals surface area contributed by atoms with Gasteiger partial charge in [0.05, 0.1) is 0 Å². The topological polar surface area (TPSA) is 29.1 Å². The second kappa shape index (κ2) is 3.47. The number of carbonyl (C=O) groups is 1. The van der Waals surface area contributed by atoms with Gasteiger partial charge >= 0.3 is 0 Å². The molecule has 2 radical (unpaired) electrons. The van der Waals surface area contributed by atoms with Crippen molar-refractivity contribution in [1.82, 2.24) is 5.32 Å². The summed E-state index contributed by atoms with van der Waals surface area (Å²) in [6, 6.07) is -0.174. The molecule has 0 aromatic heterocycles. The number of nitrogens with one attached hydrogen (secondary N) is 1. The van der Waals surface area contributed by atoms with Crippen LogP contribution in [0.25, 0.3) is 0 Å². The summed E-state index contributed by atoms with van der Waals surface area (Å²) in [5.41, 5.74) is 0. The summed E-state index contributed by atoms with van der Waals surface area (Å²) in [4.78, 5) is 10.2. The average molecular weight is 113 g/mol. The first-order valence-corrected chi connectivity index (χ1v) is 2.69. The Morgan fingerprint density at radius 1 is 1.88 bits per heavy atom. The van der Waals surface area contributed by atoms with Gasteiger partial charge in [0.15, 0.2) is 0 Å². The normalized spacial score (nSPS) is 12.9. The Labute approximate surface area is 50.3 Å². The number of amides is 1. The minimum Gasteiger partial charge on any atom is -0.353 e. The summed E-state index contributed by atoms with van der Waals surface area (Å²) in [5, 5.41) is 2.53. The summed E-state index contributed by atoms with van der Waals surface area (Å²) in [7, 11) is 0. The Balaban J connectivity index is 3.24. The zero-order valence-corrected chi connectivity index (χ0v) is 5.27. The maximum absolute atomic E-state index is 10.2. The lowest BCUT2D eigenvalue weighted by Gasteiger charge is -2.06. The van der Waals surface area contributed by atoms with E-state index in [1.165, 1.54) is 6.92 Å². The molecular formula is C6H11NO. The Bertz CT molecular complexity index is 80.6. The molecule has 0 aromatic rings. The fraction of sp³-hybridized carbons (Fsp3) is 0.667. The van der Waals surface area contributed by atoms with Crippen molar-refractivity contribution in [2.24, 2.45) is 0 Å². The predicted molar refractivity (Wildman–Crippen MR) is 32.2 cm³/mol. The first-order valence-electron chi connectivity index (χ1n) is 2.69. The highest BCUT2D eigenvalue weighted by Gasteiger charge is 1.96. The van der Waals surface area contributed by atoms with Crippen LogP contribution in [0.1, 0.15) is 20.3 Å². The van der Waals surface area contributed by atoms with Crippen LogP contribution in [0.2, 0.25) is 0 Å². The van der Waals surface area contributed by atoms with E-state index >= 15 is 0 Å². The maximum Gasteiger partial charge on any atom is 0.217 e. The Kier molecular flexibility index (Phi) is 3.24. The number of hydrogen-bond acceptors (Lipinski definition) is 1. The van der Waals surface area contributed by atoms with Gasteiger partial charge in [-0.3, -0.25) is 4.79 Å². The zero-order valence-electron chi connectivity index (χ0n) is 5.27. The van der Waals surface area contributed by atoms with Crippen LogP contribution in [0.5, 0.6) is 0 Å². The maximum atomic E-state index is 10.2. The van der Waals surface area contributed by atoms with E-state index in [0.29, 0.717) is 0 Å². The van der Waals surface area contributed by atoms with Gasteiger partial charge in [-0.25, -0.2) is 0 Å². The van der Waals surface area contributed by atoms with E-state index in [1.54, 1.807) is 0 Å². The molecular weight excluding hydrogens is 102 g/mol. The van der Waals surface area contributed by atoms with Crippen LogP contribution in [-0.2, 0) is 4.79 Å². The third-order valence-electron chi connectivity index (χ3n) is 0.828. The monoisotopic (exact) mass is 113 g/mol. The molecule has 2 heteroatoms. The number of rotatable bonds is 2. The number of hydrogen-bond donors (Lipinski definition) is 1. The Hall–Kier alpha value is -0.530. The fourth-order valence-corrected chi connectivity index (χ4v) is 0.363. The van der Waals surface area contributed by atoms with Gasteiger partial charge in [-0.15, -0.1) is 0 Å². The molecule has 1 amide bonds. The molecule has 8 heavy (non-hydrogen) atoms. The van der Waals surface area contributed by atoms with Crippen molar-refractivity contribution < 1.29 is 4.79 Å². The molecule has 0 aromatic carbocycles. The highest BCUT2D eigenvalue weighted by molar-refractivity contribution is 5.73. The molecule has 0 saturated carbocycles. The van der Waals surface area contributed by atoms with Gasteiger partial charge in [0.2, 0.25) is 5.91 Å². The highest BCUT2D eigenvalue weighted by atomic mass is 16.1. The molecule has 0 spiro atoms. The van der Waals surface area contributed by atoms with Gasteiger partial charge in [-0.1, -0.05) is 6.92 Å². The Morgan fingerprint density at radius 2 is 2.38 bits per heavy atom. The van der Waals surface area contributed by atoms with Crippen LogP contribution in [0, 0.1) is 6.92 Å². The molecule has 0 aliphatic heterocycles. The molecule has 0 fully saturated rings. The minimum atomic E-state index is -0.174. The van der Waals surface area contributed by atoms with Crippen molar-refractivity contribution in [3.63, 3.8) is 0 Å². The van der Waals surface area contributed by atoms with E-state index in [-0.39, 0.29) is 11.9 Å². The predicted octanol–water partition coefficient (Wildman–Crippen LogP) is 0.612. The Morgan fingerprint density at radius 3 is 2.50 bits per heavy atom. The van der Waals surface area contributed by atoms with E-state index < -0.39 is 0 Å². The molecule has 0 aliphatic carbocycles. The molecule has 1 atom stereocenters.